The van der Waals surface area contributed by atoms with Crippen molar-refractivity contribution in [3.05, 3.63) is 34.1 Å². The van der Waals surface area contributed by atoms with Crippen molar-refractivity contribution in [1.82, 2.24) is 10.2 Å². The van der Waals surface area contributed by atoms with Crippen LogP contribution < -0.4 is 5.32 Å². The third kappa shape index (κ3) is 4.78. The first-order valence-electron chi connectivity index (χ1n) is 7.54. The van der Waals surface area contributed by atoms with E-state index in [1.807, 2.05) is 12.1 Å². The fourth-order valence-corrected chi connectivity index (χ4v) is 3.07. The number of benzene rings is 1. The highest BCUT2D eigenvalue weighted by molar-refractivity contribution is 9.10. The van der Waals surface area contributed by atoms with Crippen molar-refractivity contribution in [2.45, 2.75) is 32.7 Å². The summed E-state index contributed by atoms with van der Waals surface area (Å²) in [6.45, 7) is 5.47. The van der Waals surface area contributed by atoms with Gasteiger partial charge in [-0.05, 0) is 66.0 Å². The Kier molecular flexibility index (Phi) is 6.18. The molecule has 21 heavy (non-hydrogen) atoms. The van der Waals surface area contributed by atoms with Crippen molar-refractivity contribution in [3.8, 4) is 0 Å². The second kappa shape index (κ2) is 7.90. The predicted octanol–water partition coefficient (Wildman–Crippen LogP) is 3.33. The van der Waals surface area contributed by atoms with E-state index in [1.165, 1.54) is 6.07 Å². The fourth-order valence-electron chi connectivity index (χ4n) is 2.64. The normalized spacial score (nSPS) is 16.9. The van der Waals surface area contributed by atoms with Gasteiger partial charge in [0.2, 0.25) is 5.91 Å². The van der Waals surface area contributed by atoms with Crippen molar-refractivity contribution in [1.29, 1.82) is 0 Å². The smallest absolute Gasteiger partial charge is 0.223 e. The number of nitrogens with one attached hydrogen (secondary N) is 1. The van der Waals surface area contributed by atoms with E-state index in [0.717, 1.165) is 51.0 Å². The predicted molar refractivity (Wildman–Crippen MR) is 85.4 cm³/mol. The minimum absolute atomic E-state index is 0.146. The lowest BCUT2D eigenvalue weighted by atomic mass is 9.95. The van der Waals surface area contributed by atoms with Crippen LogP contribution in [0.25, 0.3) is 0 Å². The number of hydrogen-bond donors (Lipinski definition) is 1. The molecule has 116 valence electrons. The van der Waals surface area contributed by atoms with E-state index in [9.17, 15) is 9.18 Å². The first kappa shape index (κ1) is 16.4. The summed E-state index contributed by atoms with van der Waals surface area (Å²) in [7, 11) is 0. The van der Waals surface area contributed by atoms with Crippen LogP contribution in [0.1, 0.15) is 31.7 Å². The van der Waals surface area contributed by atoms with Gasteiger partial charge in [-0.15, -0.1) is 0 Å². The molecule has 1 heterocycles. The summed E-state index contributed by atoms with van der Waals surface area (Å²) >= 11 is 3.22. The molecule has 0 radical (unpaired) electrons. The maximum Gasteiger partial charge on any atom is 0.223 e. The van der Waals surface area contributed by atoms with E-state index < -0.39 is 0 Å². The summed E-state index contributed by atoms with van der Waals surface area (Å²) in [5.41, 5.74) is 1.09. The Balaban J connectivity index is 1.81. The van der Waals surface area contributed by atoms with Crippen LogP contribution in [0.5, 0.6) is 0 Å². The first-order valence-corrected chi connectivity index (χ1v) is 8.33. The number of hydrogen-bond acceptors (Lipinski definition) is 2. The standard InChI is InChI=1S/C16H22BrFN2O/c1-2-7-19-16(21)13-5-8-20(9-6-13)11-12-3-4-15(18)14(17)10-12/h3-4,10,13H,2,5-9,11H2,1H3,(H,19,21). The topological polar surface area (TPSA) is 32.3 Å². The van der Waals surface area contributed by atoms with Gasteiger partial charge in [0.25, 0.3) is 0 Å². The van der Waals surface area contributed by atoms with Gasteiger partial charge in [0.1, 0.15) is 5.82 Å². The lowest BCUT2D eigenvalue weighted by molar-refractivity contribution is -0.126. The highest BCUT2D eigenvalue weighted by Crippen LogP contribution is 2.21. The molecule has 1 aromatic carbocycles. The van der Waals surface area contributed by atoms with Crippen molar-refractivity contribution in [2.24, 2.45) is 5.92 Å². The molecule has 1 fully saturated rings. The van der Waals surface area contributed by atoms with E-state index in [1.54, 1.807) is 0 Å². The van der Waals surface area contributed by atoms with Crippen LogP contribution >= 0.6 is 15.9 Å². The van der Waals surface area contributed by atoms with E-state index >= 15 is 0 Å². The molecule has 1 amide bonds. The molecule has 0 aliphatic carbocycles. The maximum absolute atomic E-state index is 13.2. The molecule has 0 saturated carbocycles. The quantitative estimate of drug-likeness (QED) is 0.877. The van der Waals surface area contributed by atoms with Crippen LogP contribution in [0, 0.1) is 11.7 Å². The minimum atomic E-state index is -0.231. The summed E-state index contributed by atoms with van der Waals surface area (Å²) in [6.07, 6.45) is 2.78. The molecule has 0 unspecified atom stereocenters. The lowest BCUT2D eigenvalue weighted by Crippen LogP contribution is -2.40. The third-order valence-electron chi connectivity index (χ3n) is 3.90. The molecule has 1 aromatic rings. The van der Waals surface area contributed by atoms with Gasteiger partial charge in [-0.3, -0.25) is 9.69 Å². The first-order chi connectivity index (χ1) is 10.1. The van der Waals surface area contributed by atoms with E-state index in [0.29, 0.717) is 4.47 Å². The lowest BCUT2D eigenvalue weighted by Gasteiger charge is -2.31. The van der Waals surface area contributed by atoms with E-state index in [2.05, 4.69) is 33.1 Å². The number of carbonyl (C=O) groups is 1. The SMILES string of the molecule is CCCNC(=O)C1CCN(Cc2ccc(F)c(Br)c2)CC1. The molecular weight excluding hydrogens is 335 g/mol. The van der Waals surface area contributed by atoms with Crippen LogP contribution in [-0.4, -0.2) is 30.4 Å². The number of rotatable bonds is 5. The number of likely N-dealkylation sites (tertiary alicyclic amines) is 1. The molecule has 2 rings (SSSR count). The van der Waals surface area contributed by atoms with E-state index in [4.69, 9.17) is 0 Å². The largest absolute Gasteiger partial charge is 0.356 e. The highest BCUT2D eigenvalue weighted by Gasteiger charge is 2.24. The summed E-state index contributed by atoms with van der Waals surface area (Å²) in [5.74, 6) is 0.110. The molecule has 0 bridgehead atoms. The molecule has 1 aliphatic heterocycles. The monoisotopic (exact) mass is 356 g/mol. The highest BCUT2D eigenvalue weighted by atomic mass is 79.9. The second-order valence-electron chi connectivity index (χ2n) is 5.59. The van der Waals surface area contributed by atoms with Crippen LogP contribution in [0.3, 0.4) is 0 Å². The molecule has 0 aromatic heterocycles. The maximum atomic E-state index is 13.2. The summed E-state index contributed by atoms with van der Waals surface area (Å²) in [6, 6.07) is 5.14. The Morgan fingerprint density at radius 1 is 1.43 bits per heavy atom. The van der Waals surface area contributed by atoms with Crippen LogP contribution in [0.2, 0.25) is 0 Å². The molecule has 0 spiro atoms. The third-order valence-corrected chi connectivity index (χ3v) is 4.51. The number of nitrogens with zero attached hydrogens (tertiary/aromatic N) is 1. The van der Waals surface area contributed by atoms with Crippen molar-refractivity contribution < 1.29 is 9.18 Å². The molecule has 3 nitrogen and oxygen atoms in total. The molecule has 1 saturated heterocycles. The summed E-state index contributed by atoms with van der Waals surface area (Å²) in [5, 5.41) is 2.97. The van der Waals surface area contributed by atoms with Gasteiger partial charge in [-0.25, -0.2) is 4.39 Å². The molecule has 1 aliphatic rings. The average molecular weight is 357 g/mol. The molecular formula is C16H22BrFN2O. The molecule has 5 heteroatoms. The van der Waals surface area contributed by atoms with Crippen molar-refractivity contribution >= 4 is 21.8 Å². The Morgan fingerprint density at radius 3 is 2.76 bits per heavy atom. The van der Waals surface area contributed by atoms with Crippen LogP contribution in [-0.2, 0) is 11.3 Å². The number of carbonyl (C=O) groups excluding carboxylic acids is 1. The summed E-state index contributed by atoms with van der Waals surface area (Å²) < 4.78 is 13.7. The van der Waals surface area contributed by atoms with Gasteiger partial charge in [-0.2, -0.15) is 0 Å². The van der Waals surface area contributed by atoms with Gasteiger partial charge >= 0.3 is 0 Å². The Morgan fingerprint density at radius 2 is 2.14 bits per heavy atom. The van der Waals surface area contributed by atoms with Gasteiger partial charge in [0.15, 0.2) is 0 Å². The van der Waals surface area contributed by atoms with Crippen molar-refractivity contribution in [3.63, 3.8) is 0 Å². The van der Waals surface area contributed by atoms with Gasteiger partial charge in [0.05, 0.1) is 4.47 Å². The number of amides is 1. The zero-order valence-corrected chi connectivity index (χ0v) is 14.0. The Labute approximate surface area is 134 Å². The van der Waals surface area contributed by atoms with Gasteiger partial charge in [0, 0.05) is 19.0 Å². The summed E-state index contributed by atoms with van der Waals surface area (Å²) in [4.78, 5) is 14.2. The molecule has 1 N–H and O–H groups in total. The Bertz CT molecular complexity index is 487. The van der Waals surface area contributed by atoms with Gasteiger partial charge < -0.3 is 5.32 Å². The van der Waals surface area contributed by atoms with Gasteiger partial charge in [-0.1, -0.05) is 13.0 Å². The zero-order chi connectivity index (χ0) is 15.2. The fraction of sp³-hybridized carbons (Fsp3) is 0.562. The zero-order valence-electron chi connectivity index (χ0n) is 12.4. The van der Waals surface area contributed by atoms with E-state index in [-0.39, 0.29) is 17.6 Å². The Hall–Kier alpha value is -0.940. The van der Waals surface area contributed by atoms with Crippen LogP contribution in [0.4, 0.5) is 4.39 Å². The number of halogens is 2. The molecule has 0 atom stereocenters. The van der Waals surface area contributed by atoms with Crippen molar-refractivity contribution in [2.75, 3.05) is 19.6 Å². The minimum Gasteiger partial charge on any atom is -0.356 e. The average Bonchev–Trinajstić information content (AvgIpc) is 2.49. The second-order valence-corrected chi connectivity index (χ2v) is 6.44. The number of piperidine rings is 1. The van der Waals surface area contributed by atoms with Crippen LogP contribution in [0.15, 0.2) is 22.7 Å².